The molecule has 0 saturated carbocycles. The van der Waals surface area contributed by atoms with Crippen molar-refractivity contribution < 1.29 is 4.92 Å². The summed E-state index contributed by atoms with van der Waals surface area (Å²) in [5.74, 6) is 0.150. The second kappa shape index (κ2) is 4.21. The number of nitrogen functional groups attached to an aromatic ring is 1. The molecular formula is C12H11N3O2. The predicted molar refractivity (Wildman–Crippen MR) is 65.5 cm³/mol. The van der Waals surface area contributed by atoms with Crippen molar-refractivity contribution in [1.29, 1.82) is 0 Å². The summed E-state index contributed by atoms with van der Waals surface area (Å²) in [7, 11) is 0. The number of nitrogens with two attached hydrogens (primary N) is 1. The van der Waals surface area contributed by atoms with Gasteiger partial charge >= 0.3 is 0 Å². The molecule has 0 amide bonds. The minimum atomic E-state index is -0.472. The molecule has 0 saturated heterocycles. The lowest BCUT2D eigenvalue weighted by atomic mass is 10.1. The van der Waals surface area contributed by atoms with E-state index in [2.05, 4.69) is 4.98 Å². The third-order valence-corrected chi connectivity index (χ3v) is 2.46. The Morgan fingerprint density at radius 2 is 2.00 bits per heavy atom. The molecule has 0 aliphatic heterocycles. The van der Waals surface area contributed by atoms with Crippen LogP contribution in [0.5, 0.6) is 0 Å². The molecule has 0 bridgehead atoms. The highest BCUT2D eigenvalue weighted by Crippen LogP contribution is 2.26. The first-order valence-electron chi connectivity index (χ1n) is 5.06. The number of rotatable bonds is 2. The van der Waals surface area contributed by atoms with Gasteiger partial charge in [-0.15, -0.1) is 0 Å². The molecule has 1 aromatic heterocycles. The summed E-state index contributed by atoms with van der Waals surface area (Å²) in [5.41, 5.74) is 7.90. The number of nitrogens with zero attached hydrogens (tertiary/aromatic N) is 2. The van der Waals surface area contributed by atoms with Crippen molar-refractivity contribution >= 4 is 11.5 Å². The Hall–Kier alpha value is -2.43. The molecule has 5 heteroatoms. The SMILES string of the molecule is Cc1ccccc1-c1cc([N+](=O)[O-])cc(N)n1. The van der Waals surface area contributed by atoms with Crippen LogP contribution >= 0.6 is 0 Å². The zero-order chi connectivity index (χ0) is 12.4. The van der Waals surface area contributed by atoms with Crippen LogP contribution in [0.15, 0.2) is 36.4 Å². The smallest absolute Gasteiger partial charge is 0.275 e. The fraction of sp³-hybridized carbons (Fsp3) is 0.0833. The van der Waals surface area contributed by atoms with Crippen LogP contribution in [0.25, 0.3) is 11.3 Å². The monoisotopic (exact) mass is 229 g/mol. The van der Waals surface area contributed by atoms with Crippen LogP contribution in [0.4, 0.5) is 11.5 Å². The summed E-state index contributed by atoms with van der Waals surface area (Å²) >= 11 is 0. The van der Waals surface area contributed by atoms with Crippen molar-refractivity contribution in [2.75, 3.05) is 5.73 Å². The molecule has 2 rings (SSSR count). The summed E-state index contributed by atoms with van der Waals surface area (Å²) < 4.78 is 0. The highest BCUT2D eigenvalue weighted by molar-refractivity contribution is 5.67. The van der Waals surface area contributed by atoms with Crippen molar-refractivity contribution in [3.63, 3.8) is 0 Å². The number of aryl methyl sites for hydroxylation is 1. The average molecular weight is 229 g/mol. The van der Waals surface area contributed by atoms with Crippen LogP contribution < -0.4 is 5.73 Å². The molecule has 2 aromatic rings. The van der Waals surface area contributed by atoms with Gasteiger partial charge in [-0.3, -0.25) is 10.1 Å². The van der Waals surface area contributed by atoms with Crippen LogP contribution in [0.3, 0.4) is 0 Å². The van der Waals surface area contributed by atoms with E-state index in [0.29, 0.717) is 5.69 Å². The van der Waals surface area contributed by atoms with Gasteiger partial charge in [0.25, 0.3) is 5.69 Å². The Morgan fingerprint density at radius 3 is 2.65 bits per heavy atom. The lowest BCUT2D eigenvalue weighted by Gasteiger charge is -2.05. The fourth-order valence-corrected chi connectivity index (χ4v) is 1.64. The van der Waals surface area contributed by atoms with E-state index < -0.39 is 4.92 Å². The number of aromatic nitrogens is 1. The van der Waals surface area contributed by atoms with Gasteiger partial charge < -0.3 is 5.73 Å². The number of nitro groups is 1. The summed E-state index contributed by atoms with van der Waals surface area (Å²) in [6, 6.07) is 10.2. The molecule has 2 N–H and O–H groups in total. The van der Waals surface area contributed by atoms with Gasteiger partial charge in [-0.05, 0) is 12.5 Å². The minimum absolute atomic E-state index is 0.0456. The van der Waals surface area contributed by atoms with E-state index in [9.17, 15) is 10.1 Å². The van der Waals surface area contributed by atoms with Crippen LogP contribution in [0, 0.1) is 17.0 Å². The van der Waals surface area contributed by atoms with E-state index in [-0.39, 0.29) is 11.5 Å². The molecule has 17 heavy (non-hydrogen) atoms. The lowest BCUT2D eigenvalue weighted by molar-refractivity contribution is -0.384. The lowest BCUT2D eigenvalue weighted by Crippen LogP contribution is -1.97. The van der Waals surface area contributed by atoms with Crippen LogP contribution in [-0.4, -0.2) is 9.91 Å². The highest BCUT2D eigenvalue weighted by Gasteiger charge is 2.12. The van der Waals surface area contributed by atoms with E-state index in [1.54, 1.807) is 0 Å². The first-order chi connectivity index (χ1) is 8.08. The fourth-order valence-electron chi connectivity index (χ4n) is 1.64. The highest BCUT2D eigenvalue weighted by atomic mass is 16.6. The molecule has 0 aliphatic rings. The van der Waals surface area contributed by atoms with Gasteiger partial charge in [0.2, 0.25) is 0 Å². The number of benzene rings is 1. The zero-order valence-electron chi connectivity index (χ0n) is 9.25. The molecule has 0 unspecified atom stereocenters. The summed E-state index contributed by atoms with van der Waals surface area (Å²) in [5, 5.41) is 10.7. The largest absolute Gasteiger partial charge is 0.383 e. The maximum atomic E-state index is 10.7. The minimum Gasteiger partial charge on any atom is -0.383 e. The Morgan fingerprint density at radius 1 is 1.29 bits per heavy atom. The van der Waals surface area contributed by atoms with E-state index in [1.165, 1.54) is 12.1 Å². The quantitative estimate of drug-likeness (QED) is 0.633. The Labute approximate surface area is 98.1 Å². The second-order valence-corrected chi connectivity index (χ2v) is 3.71. The number of anilines is 1. The first kappa shape index (κ1) is 11.1. The van der Waals surface area contributed by atoms with E-state index in [4.69, 9.17) is 5.73 Å². The van der Waals surface area contributed by atoms with Crippen LogP contribution in [0.1, 0.15) is 5.56 Å². The second-order valence-electron chi connectivity index (χ2n) is 3.71. The van der Waals surface area contributed by atoms with Crippen molar-refractivity contribution in [2.24, 2.45) is 0 Å². The molecule has 0 radical (unpaired) electrons. The molecule has 0 fully saturated rings. The van der Waals surface area contributed by atoms with Gasteiger partial charge in [-0.2, -0.15) is 0 Å². The number of pyridine rings is 1. The van der Waals surface area contributed by atoms with Crippen molar-refractivity contribution in [1.82, 2.24) is 4.98 Å². The predicted octanol–water partition coefficient (Wildman–Crippen LogP) is 2.55. The molecule has 0 atom stereocenters. The number of hydrogen-bond acceptors (Lipinski definition) is 4. The molecule has 86 valence electrons. The Kier molecular flexibility index (Phi) is 2.74. The summed E-state index contributed by atoms with van der Waals surface area (Å²) in [6.07, 6.45) is 0. The first-order valence-corrected chi connectivity index (χ1v) is 5.06. The molecule has 0 spiro atoms. The van der Waals surface area contributed by atoms with E-state index in [0.717, 1.165) is 11.1 Å². The zero-order valence-corrected chi connectivity index (χ0v) is 9.25. The van der Waals surface area contributed by atoms with Crippen LogP contribution in [0.2, 0.25) is 0 Å². The molecular weight excluding hydrogens is 218 g/mol. The normalized spacial score (nSPS) is 10.2. The summed E-state index contributed by atoms with van der Waals surface area (Å²) in [6.45, 7) is 1.92. The van der Waals surface area contributed by atoms with Crippen molar-refractivity contribution in [3.05, 3.63) is 52.1 Å². The average Bonchev–Trinajstić information content (AvgIpc) is 2.28. The standard InChI is InChI=1S/C12H11N3O2/c1-8-4-2-3-5-10(8)11-6-9(15(16)17)7-12(13)14-11/h2-7H,1H3,(H2,13,14). The van der Waals surface area contributed by atoms with Crippen molar-refractivity contribution in [3.8, 4) is 11.3 Å². The maximum Gasteiger partial charge on any atom is 0.275 e. The Balaban J connectivity index is 2.60. The van der Waals surface area contributed by atoms with E-state index >= 15 is 0 Å². The van der Waals surface area contributed by atoms with Gasteiger partial charge in [-0.1, -0.05) is 24.3 Å². The third-order valence-electron chi connectivity index (χ3n) is 2.46. The molecule has 5 nitrogen and oxygen atoms in total. The molecule has 1 aromatic carbocycles. The van der Waals surface area contributed by atoms with Crippen LogP contribution in [-0.2, 0) is 0 Å². The van der Waals surface area contributed by atoms with Gasteiger partial charge in [-0.25, -0.2) is 4.98 Å². The van der Waals surface area contributed by atoms with E-state index in [1.807, 2.05) is 31.2 Å². The molecule has 1 heterocycles. The van der Waals surface area contributed by atoms with Crippen molar-refractivity contribution in [2.45, 2.75) is 6.92 Å². The summed E-state index contributed by atoms with van der Waals surface area (Å²) in [4.78, 5) is 14.4. The van der Waals surface area contributed by atoms with Gasteiger partial charge in [0.15, 0.2) is 0 Å². The van der Waals surface area contributed by atoms with Gasteiger partial charge in [0.05, 0.1) is 16.7 Å². The van der Waals surface area contributed by atoms with Gasteiger partial charge in [0, 0.05) is 11.6 Å². The number of hydrogen-bond donors (Lipinski definition) is 1. The Bertz CT molecular complexity index is 582. The maximum absolute atomic E-state index is 10.7. The molecule has 0 aliphatic carbocycles. The van der Waals surface area contributed by atoms with Gasteiger partial charge in [0.1, 0.15) is 5.82 Å². The topological polar surface area (TPSA) is 82.0 Å². The third kappa shape index (κ3) is 2.23.